The first kappa shape index (κ1) is 23.7. The first-order valence-electron chi connectivity index (χ1n) is 11.4. The van der Waals surface area contributed by atoms with Gasteiger partial charge < -0.3 is 9.64 Å². The summed E-state index contributed by atoms with van der Waals surface area (Å²) in [5.74, 6) is 1.03. The summed E-state index contributed by atoms with van der Waals surface area (Å²) in [6, 6.07) is 19.9. The number of anilines is 1. The first-order valence-corrected chi connectivity index (χ1v) is 12.2. The number of amides is 1. The fourth-order valence-corrected chi connectivity index (χ4v) is 4.91. The molecule has 5 heteroatoms. The van der Waals surface area contributed by atoms with E-state index in [1.807, 2.05) is 41.3 Å². The van der Waals surface area contributed by atoms with Crippen LogP contribution in [0.1, 0.15) is 60.8 Å². The molecular weight excluding hydrogens is 453 g/mol. The molecule has 3 nitrogen and oxygen atoms in total. The minimum atomic E-state index is -0.230. The quantitative estimate of drug-likeness (QED) is 0.359. The van der Waals surface area contributed by atoms with Gasteiger partial charge in [0.2, 0.25) is 5.91 Å². The van der Waals surface area contributed by atoms with Gasteiger partial charge in [0.15, 0.2) is 0 Å². The third-order valence-corrected chi connectivity index (χ3v) is 7.32. The Morgan fingerprint density at radius 2 is 1.85 bits per heavy atom. The summed E-state index contributed by atoms with van der Waals surface area (Å²) < 4.78 is 5.46. The average molecular weight is 482 g/mol. The maximum absolute atomic E-state index is 14.1. The molecule has 1 aliphatic carbocycles. The normalized spacial score (nSPS) is 15.3. The lowest BCUT2D eigenvalue weighted by atomic mass is 9.81. The van der Waals surface area contributed by atoms with Crippen LogP contribution < -0.4 is 9.64 Å². The summed E-state index contributed by atoms with van der Waals surface area (Å²) in [6.45, 7) is 4.68. The number of methoxy groups -OCH3 is 1. The van der Waals surface area contributed by atoms with Gasteiger partial charge in [-0.1, -0.05) is 67.4 Å². The minimum absolute atomic E-state index is 0.0672. The van der Waals surface area contributed by atoms with E-state index in [0.717, 1.165) is 41.8 Å². The molecule has 3 aromatic carbocycles. The van der Waals surface area contributed by atoms with Gasteiger partial charge in [0, 0.05) is 5.69 Å². The van der Waals surface area contributed by atoms with E-state index in [1.165, 1.54) is 11.1 Å². The lowest BCUT2D eigenvalue weighted by Crippen LogP contribution is -2.36. The zero-order valence-electron chi connectivity index (χ0n) is 19.3. The molecule has 0 aromatic heterocycles. The van der Waals surface area contributed by atoms with E-state index in [0.29, 0.717) is 22.5 Å². The Bertz CT molecular complexity index is 1140. The molecule has 0 heterocycles. The van der Waals surface area contributed by atoms with E-state index in [-0.39, 0.29) is 11.8 Å². The molecule has 3 aromatic rings. The van der Waals surface area contributed by atoms with Crippen molar-refractivity contribution in [2.75, 3.05) is 12.0 Å². The van der Waals surface area contributed by atoms with Crippen LogP contribution in [0.3, 0.4) is 0 Å². The number of carbonyl (C=O) groups excluding carboxylic acids is 1. The molecule has 1 atom stereocenters. The Labute approximate surface area is 206 Å². The van der Waals surface area contributed by atoms with Crippen molar-refractivity contribution in [3.8, 4) is 5.75 Å². The Morgan fingerprint density at radius 3 is 2.55 bits per heavy atom. The van der Waals surface area contributed by atoms with Gasteiger partial charge in [-0.3, -0.25) is 4.79 Å². The lowest BCUT2D eigenvalue weighted by Gasteiger charge is -2.32. The number of hydrogen-bond acceptors (Lipinski definition) is 2. The van der Waals surface area contributed by atoms with Crippen molar-refractivity contribution >= 4 is 34.8 Å². The van der Waals surface area contributed by atoms with Crippen molar-refractivity contribution in [2.24, 2.45) is 0 Å². The second kappa shape index (κ2) is 10.2. The van der Waals surface area contributed by atoms with Crippen molar-refractivity contribution in [2.45, 2.75) is 51.5 Å². The molecule has 0 saturated carbocycles. The monoisotopic (exact) mass is 481 g/mol. The maximum Gasteiger partial charge on any atom is 0.234 e. The maximum atomic E-state index is 14.1. The van der Waals surface area contributed by atoms with Gasteiger partial charge in [-0.25, -0.2) is 0 Å². The molecule has 4 rings (SSSR count). The van der Waals surface area contributed by atoms with Crippen LogP contribution in [0.25, 0.3) is 0 Å². The van der Waals surface area contributed by atoms with Gasteiger partial charge >= 0.3 is 0 Å². The van der Waals surface area contributed by atoms with Gasteiger partial charge in [0.25, 0.3) is 0 Å². The van der Waals surface area contributed by atoms with Gasteiger partial charge in [0.1, 0.15) is 5.75 Å². The number of benzene rings is 3. The van der Waals surface area contributed by atoms with E-state index in [4.69, 9.17) is 27.9 Å². The largest absolute Gasteiger partial charge is 0.497 e. The number of carbonyl (C=O) groups is 1. The summed E-state index contributed by atoms with van der Waals surface area (Å²) in [7, 11) is 1.66. The van der Waals surface area contributed by atoms with E-state index < -0.39 is 0 Å². The fraction of sp³-hybridized carbons (Fsp3) is 0.321. The molecular formula is C28H29Cl2NO2. The van der Waals surface area contributed by atoms with Crippen molar-refractivity contribution in [3.63, 3.8) is 0 Å². The predicted octanol–water partition coefficient (Wildman–Crippen LogP) is 7.78. The highest BCUT2D eigenvalue weighted by Crippen LogP contribution is 2.37. The summed E-state index contributed by atoms with van der Waals surface area (Å²) >= 11 is 12.8. The highest BCUT2D eigenvalue weighted by Gasteiger charge is 2.31. The molecule has 0 bridgehead atoms. The fourth-order valence-electron chi connectivity index (χ4n) is 4.53. The zero-order chi connectivity index (χ0) is 23.5. The number of hydrogen-bond donors (Lipinski definition) is 0. The van der Waals surface area contributed by atoms with E-state index in [9.17, 15) is 4.79 Å². The van der Waals surface area contributed by atoms with Crippen LogP contribution in [-0.2, 0) is 17.8 Å². The van der Waals surface area contributed by atoms with Gasteiger partial charge in [0.05, 0.1) is 29.6 Å². The van der Waals surface area contributed by atoms with Gasteiger partial charge in [-0.05, 0) is 77.8 Å². The number of aryl methyl sites for hydroxylation is 1. The third kappa shape index (κ3) is 5.05. The van der Waals surface area contributed by atoms with Crippen molar-refractivity contribution in [1.82, 2.24) is 0 Å². The summed E-state index contributed by atoms with van der Waals surface area (Å²) in [4.78, 5) is 15.9. The molecule has 1 amide bonds. The Kier molecular flexibility index (Phi) is 7.31. The highest BCUT2D eigenvalue weighted by atomic mass is 35.5. The van der Waals surface area contributed by atoms with Crippen LogP contribution in [0, 0.1) is 0 Å². The number of ether oxygens (including phenoxy) is 1. The zero-order valence-corrected chi connectivity index (χ0v) is 20.8. The molecule has 33 heavy (non-hydrogen) atoms. The van der Waals surface area contributed by atoms with Crippen LogP contribution >= 0.6 is 23.2 Å². The second-order valence-electron chi connectivity index (χ2n) is 8.89. The molecule has 0 aliphatic heterocycles. The van der Waals surface area contributed by atoms with E-state index in [2.05, 4.69) is 32.0 Å². The van der Waals surface area contributed by atoms with Crippen LogP contribution in [-0.4, -0.2) is 13.0 Å². The number of halogens is 2. The lowest BCUT2D eigenvalue weighted by molar-refractivity contribution is -0.120. The number of nitrogens with zero attached hydrogens (tertiary/aromatic N) is 1. The van der Waals surface area contributed by atoms with Gasteiger partial charge in [-0.15, -0.1) is 0 Å². The predicted molar refractivity (Wildman–Crippen MR) is 137 cm³/mol. The number of fused-ring (bicyclic) bond motifs is 1. The average Bonchev–Trinajstić information content (AvgIpc) is 2.84. The minimum Gasteiger partial charge on any atom is -0.497 e. The molecule has 0 N–H and O–H groups in total. The SMILES string of the molecule is COc1ccc2c(c1)C(C(=O)N(Cc1cccc(Cl)c1Cl)c1ccc(C(C)C)cc1)CCC2. The third-order valence-electron chi connectivity index (χ3n) is 6.46. The van der Waals surface area contributed by atoms with Crippen molar-refractivity contribution in [3.05, 3.63) is 93.0 Å². The molecule has 0 fully saturated rings. The summed E-state index contributed by atoms with van der Waals surface area (Å²) in [5.41, 5.74) is 5.20. The Hall–Kier alpha value is -2.49. The molecule has 0 saturated heterocycles. The van der Waals surface area contributed by atoms with Crippen molar-refractivity contribution in [1.29, 1.82) is 0 Å². The Balaban J connectivity index is 1.75. The van der Waals surface area contributed by atoms with Crippen LogP contribution in [0.15, 0.2) is 60.7 Å². The standard InChI is InChI=1S/C28H29Cl2NO2/c1-18(2)19-10-13-22(14-11-19)31(17-21-7-5-9-26(29)27(21)30)28(32)24-8-4-6-20-12-15-23(33-3)16-25(20)24/h5,7,9-16,18,24H,4,6,8,17H2,1-3H3. The number of rotatable bonds is 6. The van der Waals surface area contributed by atoms with Crippen LogP contribution in [0.4, 0.5) is 5.69 Å². The van der Waals surface area contributed by atoms with Crippen molar-refractivity contribution < 1.29 is 9.53 Å². The first-order chi connectivity index (χ1) is 15.9. The van der Waals surface area contributed by atoms with Crippen LogP contribution in [0.5, 0.6) is 5.75 Å². The van der Waals surface area contributed by atoms with Crippen LogP contribution in [0.2, 0.25) is 10.0 Å². The Morgan fingerprint density at radius 1 is 1.09 bits per heavy atom. The van der Waals surface area contributed by atoms with E-state index in [1.54, 1.807) is 13.2 Å². The van der Waals surface area contributed by atoms with Gasteiger partial charge in [-0.2, -0.15) is 0 Å². The summed E-state index contributed by atoms with van der Waals surface area (Å²) in [6.07, 6.45) is 2.77. The highest BCUT2D eigenvalue weighted by molar-refractivity contribution is 6.42. The van der Waals surface area contributed by atoms with E-state index >= 15 is 0 Å². The molecule has 172 valence electrons. The second-order valence-corrected chi connectivity index (χ2v) is 9.68. The molecule has 0 spiro atoms. The smallest absolute Gasteiger partial charge is 0.234 e. The topological polar surface area (TPSA) is 29.5 Å². The summed E-state index contributed by atoms with van der Waals surface area (Å²) in [5, 5.41) is 0.978. The molecule has 1 aliphatic rings. The molecule has 0 radical (unpaired) electrons. The molecule has 1 unspecified atom stereocenters.